The minimum absolute atomic E-state index is 0.309. The highest BCUT2D eigenvalue weighted by Crippen LogP contribution is 2.32. The van der Waals surface area contributed by atoms with Gasteiger partial charge in [0.2, 0.25) is 0 Å². The smallest absolute Gasteiger partial charge is 0.338 e. The maximum atomic E-state index is 12.2. The summed E-state index contributed by atoms with van der Waals surface area (Å²) >= 11 is 5.91. The third-order valence-electron chi connectivity index (χ3n) is 3.09. The van der Waals surface area contributed by atoms with Gasteiger partial charge >= 0.3 is 5.97 Å². The van der Waals surface area contributed by atoms with E-state index in [9.17, 15) is 4.79 Å². The van der Waals surface area contributed by atoms with Crippen LogP contribution in [0.15, 0.2) is 40.5 Å². The lowest BCUT2D eigenvalue weighted by atomic mass is 9.96. The summed E-state index contributed by atoms with van der Waals surface area (Å²) in [6.45, 7) is 3.87. The lowest BCUT2D eigenvalue weighted by Crippen LogP contribution is -2.33. The van der Waals surface area contributed by atoms with Gasteiger partial charge in [-0.15, -0.1) is 0 Å². The number of rotatable bonds is 3. The molecule has 0 bridgehead atoms. The molecule has 1 unspecified atom stereocenters. The van der Waals surface area contributed by atoms with Gasteiger partial charge in [0, 0.05) is 10.7 Å². The Kier molecular flexibility index (Phi) is 4.85. The first kappa shape index (κ1) is 15.4. The molecule has 112 valence electrons. The van der Waals surface area contributed by atoms with Crippen LogP contribution in [0.2, 0.25) is 5.02 Å². The van der Waals surface area contributed by atoms with Gasteiger partial charge in [-0.3, -0.25) is 0 Å². The van der Waals surface area contributed by atoms with Crippen molar-refractivity contribution in [2.24, 2.45) is 4.99 Å². The van der Waals surface area contributed by atoms with E-state index >= 15 is 0 Å². The van der Waals surface area contributed by atoms with Crippen LogP contribution in [0.3, 0.4) is 0 Å². The van der Waals surface area contributed by atoms with E-state index in [0.29, 0.717) is 28.9 Å². The van der Waals surface area contributed by atoms with Gasteiger partial charge in [0.1, 0.15) is 6.04 Å². The van der Waals surface area contributed by atoms with Crippen molar-refractivity contribution in [1.29, 1.82) is 0 Å². The number of aliphatic imine (C=N–C) groups is 1. The van der Waals surface area contributed by atoms with E-state index in [2.05, 4.69) is 10.3 Å². The minimum atomic E-state index is -0.475. The van der Waals surface area contributed by atoms with E-state index in [1.54, 1.807) is 26.0 Å². The van der Waals surface area contributed by atoms with Crippen LogP contribution in [0.5, 0.6) is 0 Å². The van der Waals surface area contributed by atoms with Crippen LogP contribution in [-0.2, 0) is 14.3 Å². The summed E-state index contributed by atoms with van der Waals surface area (Å²) < 4.78 is 10.3. The van der Waals surface area contributed by atoms with Gasteiger partial charge < -0.3 is 14.8 Å². The molecule has 1 aromatic rings. The second-order valence-electron chi connectivity index (χ2n) is 4.48. The fourth-order valence-electron chi connectivity index (χ4n) is 2.11. The summed E-state index contributed by atoms with van der Waals surface area (Å²) in [5.41, 5.74) is 1.98. The number of hydrogen-bond acceptors (Lipinski definition) is 5. The Morgan fingerprint density at radius 3 is 2.62 bits per heavy atom. The molecule has 1 heterocycles. The highest BCUT2D eigenvalue weighted by molar-refractivity contribution is 6.30. The first-order valence-corrected chi connectivity index (χ1v) is 6.96. The molecule has 0 aromatic heterocycles. The second-order valence-corrected chi connectivity index (χ2v) is 4.91. The maximum absolute atomic E-state index is 12.2. The fourth-order valence-corrected chi connectivity index (χ4v) is 2.24. The number of nitrogens with one attached hydrogen (secondary N) is 1. The van der Waals surface area contributed by atoms with Crippen molar-refractivity contribution in [3.8, 4) is 0 Å². The van der Waals surface area contributed by atoms with Crippen LogP contribution in [-0.4, -0.2) is 25.7 Å². The lowest BCUT2D eigenvalue weighted by Gasteiger charge is -2.25. The van der Waals surface area contributed by atoms with E-state index in [0.717, 1.165) is 5.56 Å². The third-order valence-corrected chi connectivity index (χ3v) is 3.34. The number of allylic oxidation sites excluding steroid dienone is 1. The van der Waals surface area contributed by atoms with Crippen molar-refractivity contribution in [3.05, 3.63) is 46.1 Å². The molecule has 0 spiro atoms. The standard InChI is InChI=1S/C15H17ClN2O3/c1-4-21-14(19)12-9(2)17-15(20-3)18-13(12)10-5-7-11(16)8-6-10/h5-8,13H,4H2,1-3H3,(H,17,18). The molecule has 2 rings (SSSR count). The maximum Gasteiger partial charge on any atom is 0.338 e. The van der Waals surface area contributed by atoms with Crippen molar-refractivity contribution >= 4 is 23.6 Å². The van der Waals surface area contributed by atoms with Crippen LogP contribution in [0, 0.1) is 0 Å². The summed E-state index contributed by atoms with van der Waals surface area (Å²) in [6, 6.07) is 7.08. The summed E-state index contributed by atoms with van der Waals surface area (Å²) in [5, 5.41) is 3.57. The number of methoxy groups -OCH3 is 1. The van der Waals surface area contributed by atoms with Gasteiger partial charge in [-0.2, -0.15) is 0 Å². The molecule has 6 heteroatoms. The lowest BCUT2D eigenvalue weighted by molar-refractivity contribution is -0.138. The predicted molar refractivity (Wildman–Crippen MR) is 81.1 cm³/mol. The van der Waals surface area contributed by atoms with Crippen LogP contribution in [0.1, 0.15) is 25.5 Å². The van der Waals surface area contributed by atoms with Gasteiger partial charge in [0.25, 0.3) is 6.02 Å². The van der Waals surface area contributed by atoms with Gasteiger partial charge in [-0.1, -0.05) is 23.7 Å². The Bertz CT molecular complexity index is 593. The Hall–Kier alpha value is -2.01. The number of carbonyl (C=O) groups excluding carboxylic acids is 1. The molecular formula is C15H17ClN2O3. The molecule has 1 N–H and O–H groups in total. The van der Waals surface area contributed by atoms with E-state index in [4.69, 9.17) is 21.1 Å². The SMILES string of the molecule is CCOC(=O)C1=C(C)NC(OC)=NC1c1ccc(Cl)cc1. The largest absolute Gasteiger partial charge is 0.468 e. The molecule has 0 radical (unpaired) electrons. The number of esters is 1. The van der Waals surface area contributed by atoms with Gasteiger partial charge in [-0.05, 0) is 31.5 Å². The highest BCUT2D eigenvalue weighted by Gasteiger charge is 2.30. The first-order chi connectivity index (χ1) is 10.1. The molecule has 1 aromatic carbocycles. The zero-order valence-electron chi connectivity index (χ0n) is 12.1. The molecule has 0 aliphatic carbocycles. The number of hydrogen-bond donors (Lipinski definition) is 1. The third kappa shape index (κ3) is 3.36. The monoisotopic (exact) mass is 308 g/mol. The van der Waals surface area contributed by atoms with Crippen molar-refractivity contribution in [3.63, 3.8) is 0 Å². The van der Waals surface area contributed by atoms with Gasteiger partial charge in [0.05, 0.1) is 19.3 Å². The summed E-state index contributed by atoms with van der Waals surface area (Å²) in [6.07, 6.45) is 0. The van der Waals surface area contributed by atoms with Crippen molar-refractivity contribution in [1.82, 2.24) is 5.32 Å². The summed E-state index contributed by atoms with van der Waals surface area (Å²) in [4.78, 5) is 16.6. The van der Waals surface area contributed by atoms with Crippen LogP contribution >= 0.6 is 11.6 Å². The highest BCUT2D eigenvalue weighted by atomic mass is 35.5. The molecule has 1 aliphatic rings. The quantitative estimate of drug-likeness (QED) is 0.872. The Labute approximate surface area is 128 Å². The fraction of sp³-hybridized carbons (Fsp3) is 0.333. The predicted octanol–water partition coefficient (Wildman–Crippen LogP) is 2.82. The Morgan fingerprint density at radius 1 is 1.38 bits per heavy atom. The Balaban J connectivity index is 2.44. The molecule has 1 aliphatic heterocycles. The average molecular weight is 309 g/mol. The number of nitrogens with zero attached hydrogens (tertiary/aromatic N) is 1. The number of halogens is 1. The Morgan fingerprint density at radius 2 is 2.05 bits per heavy atom. The zero-order valence-corrected chi connectivity index (χ0v) is 12.9. The zero-order chi connectivity index (χ0) is 15.4. The molecule has 0 fully saturated rings. The molecule has 21 heavy (non-hydrogen) atoms. The number of carbonyl (C=O) groups is 1. The second kappa shape index (κ2) is 6.63. The van der Waals surface area contributed by atoms with Crippen molar-refractivity contribution < 1.29 is 14.3 Å². The number of ether oxygens (including phenoxy) is 2. The minimum Gasteiger partial charge on any atom is -0.468 e. The molecule has 0 saturated heterocycles. The average Bonchev–Trinajstić information content (AvgIpc) is 2.47. The molecule has 1 atom stereocenters. The van der Waals surface area contributed by atoms with E-state index < -0.39 is 6.04 Å². The van der Waals surface area contributed by atoms with E-state index in [1.165, 1.54) is 7.11 Å². The van der Waals surface area contributed by atoms with Crippen LogP contribution in [0.25, 0.3) is 0 Å². The first-order valence-electron chi connectivity index (χ1n) is 6.59. The molecule has 0 amide bonds. The van der Waals surface area contributed by atoms with Crippen LogP contribution < -0.4 is 5.32 Å². The molecule has 0 saturated carbocycles. The van der Waals surface area contributed by atoms with Gasteiger partial charge in [0.15, 0.2) is 0 Å². The topological polar surface area (TPSA) is 59.9 Å². The summed E-state index contributed by atoms with van der Waals surface area (Å²) in [5.74, 6) is -0.388. The summed E-state index contributed by atoms with van der Waals surface area (Å²) in [7, 11) is 1.52. The number of benzene rings is 1. The number of amidine groups is 1. The van der Waals surface area contributed by atoms with Gasteiger partial charge in [-0.25, -0.2) is 9.79 Å². The van der Waals surface area contributed by atoms with E-state index in [1.807, 2.05) is 12.1 Å². The van der Waals surface area contributed by atoms with E-state index in [-0.39, 0.29) is 5.97 Å². The van der Waals surface area contributed by atoms with Crippen molar-refractivity contribution in [2.75, 3.05) is 13.7 Å². The molecular weight excluding hydrogens is 292 g/mol. The van der Waals surface area contributed by atoms with Crippen LogP contribution in [0.4, 0.5) is 0 Å². The molecule has 5 nitrogen and oxygen atoms in total. The normalized spacial score (nSPS) is 17.9. The van der Waals surface area contributed by atoms with Crippen molar-refractivity contribution in [2.45, 2.75) is 19.9 Å².